The number of aliphatic hydroxyl groups excluding tert-OH is 1. The maximum Gasteiger partial charge on any atom is 0.312 e. The van der Waals surface area contributed by atoms with Gasteiger partial charge in [-0.1, -0.05) is 30.3 Å². The molecule has 0 heterocycles. The smallest absolute Gasteiger partial charge is 0.312 e. The third-order valence-electron chi connectivity index (χ3n) is 1.89. The van der Waals surface area contributed by atoms with Crippen molar-refractivity contribution in [3.63, 3.8) is 0 Å². The van der Waals surface area contributed by atoms with E-state index in [-0.39, 0.29) is 12.6 Å². The lowest BCUT2D eigenvalue weighted by atomic mass is 10.1. The molecule has 0 spiro atoms. The largest absolute Gasteiger partial charge is 0.394 e. The van der Waals surface area contributed by atoms with Crippen LogP contribution >= 0.6 is 0 Å². The number of aliphatic hydroxyl groups is 1. The van der Waals surface area contributed by atoms with Crippen LogP contribution in [0.5, 0.6) is 0 Å². The number of rotatable bonds is 4. The lowest BCUT2D eigenvalue weighted by molar-refractivity contribution is 0.222. The lowest BCUT2D eigenvalue weighted by Gasteiger charge is -2.14. The number of carbonyl (C=O) groups excluding carboxylic acids is 1. The van der Waals surface area contributed by atoms with E-state index in [9.17, 15) is 4.79 Å². The molecule has 4 N–H and O–H groups in total. The second-order valence-corrected chi connectivity index (χ2v) is 3.08. The Kier molecular flexibility index (Phi) is 3.94. The number of hydrogen-bond acceptors (Lipinski definition) is 2. The summed E-state index contributed by atoms with van der Waals surface area (Å²) in [6.45, 7) is -0.113. The maximum absolute atomic E-state index is 10.6. The number of urea groups is 1. The van der Waals surface area contributed by atoms with Gasteiger partial charge >= 0.3 is 6.03 Å². The van der Waals surface area contributed by atoms with E-state index < -0.39 is 6.03 Å². The molecule has 0 aliphatic heterocycles. The van der Waals surface area contributed by atoms with Crippen LogP contribution in [0.2, 0.25) is 0 Å². The van der Waals surface area contributed by atoms with Crippen molar-refractivity contribution in [2.45, 2.75) is 12.5 Å². The highest BCUT2D eigenvalue weighted by atomic mass is 16.3. The zero-order valence-corrected chi connectivity index (χ0v) is 7.81. The second kappa shape index (κ2) is 5.24. The SMILES string of the molecule is NC(=O)N[C@H](CO)Cc1ccccc1. The summed E-state index contributed by atoms with van der Waals surface area (Å²) in [5.41, 5.74) is 6.02. The lowest BCUT2D eigenvalue weighted by Crippen LogP contribution is -2.42. The molecule has 1 aromatic rings. The summed E-state index contributed by atoms with van der Waals surface area (Å²) in [4.78, 5) is 10.6. The molecule has 4 nitrogen and oxygen atoms in total. The first-order chi connectivity index (χ1) is 6.72. The van der Waals surface area contributed by atoms with Gasteiger partial charge in [-0.05, 0) is 12.0 Å². The van der Waals surface area contributed by atoms with Gasteiger partial charge in [-0.3, -0.25) is 0 Å². The number of primary amides is 1. The van der Waals surface area contributed by atoms with Crippen molar-refractivity contribution in [2.75, 3.05) is 6.61 Å². The molecule has 0 unspecified atom stereocenters. The Morgan fingerprint density at radius 2 is 2.07 bits per heavy atom. The first-order valence-corrected chi connectivity index (χ1v) is 4.43. The van der Waals surface area contributed by atoms with Crippen LogP contribution in [0.3, 0.4) is 0 Å². The van der Waals surface area contributed by atoms with E-state index in [1.54, 1.807) is 0 Å². The maximum atomic E-state index is 10.6. The van der Waals surface area contributed by atoms with Crippen molar-refractivity contribution in [2.24, 2.45) is 5.73 Å². The summed E-state index contributed by atoms with van der Waals surface area (Å²) < 4.78 is 0. The molecule has 0 saturated carbocycles. The molecule has 0 radical (unpaired) electrons. The topological polar surface area (TPSA) is 75.4 Å². The summed E-state index contributed by atoms with van der Waals surface area (Å²) in [6, 6.07) is 8.69. The molecule has 0 aliphatic rings. The fraction of sp³-hybridized carbons (Fsp3) is 0.300. The van der Waals surface area contributed by atoms with Crippen LogP contribution in [0.1, 0.15) is 5.56 Å². The minimum absolute atomic E-state index is 0.113. The number of nitrogens with one attached hydrogen (secondary N) is 1. The standard InChI is InChI=1S/C10H14N2O2/c11-10(14)12-9(7-13)6-8-4-2-1-3-5-8/h1-5,9,13H,6-7H2,(H3,11,12,14)/t9-/m0/s1. The van der Waals surface area contributed by atoms with Crippen molar-refractivity contribution in [3.8, 4) is 0 Å². The van der Waals surface area contributed by atoms with Crippen molar-refractivity contribution < 1.29 is 9.90 Å². The molecule has 76 valence electrons. The van der Waals surface area contributed by atoms with Crippen LogP contribution in [0.4, 0.5) is 4.79 Å². The van der Waals surface area contributed by atoms with Gasteiger partial charge in [0.25, 0.3) is 0 Å². The monoisotopic (exact) mass is 194 g/mol. The van der Waals surface area contributed by atoms with Gasteiger partial charge in [0.1, 0.15) is 0 Å². The minimum atomic E-state index is -0.611. The summed E-state index contributed by atoms with van der Waals surface area (Å²) in [6.07, 6.45) is 0.584. The van der Waals surface area contributed by atoms with Gasteiger partial charge in [0.2, 0.25) is 0 Å². The van der Waals surface area contributed by atoms with Gasteiger partial charge in [0.15, 0.2) is 0 Å². The quantitative estimate of drug-likeness (QED) is 0.643. The molecule has 0 aliphatic carbocycles. The van der Waals surface area contributed by atoms with Crippen LogP contribution in [-0.4, -0.2) is 23.8 Å². The average Bonchev–Trinajstić information content (AvgIpc) is 2.17. The summed E-state index contributed by atoms with van der Waals surface area (Å²) in [5, 5.41) is 11.4. The van der Waals surface area contributed by atoms with Gasteiger partial charge in [-0.25, -0.2) is 4.79 Å². The Hall–Kier alpha value is -1.55. The van der Waals surface area contributed by atoms with Crippen molar-refractivity contribution in [1.82, 2.24) is 5.32 Å². The molecular weight excluding hydrogens is 180 g/mol. The molecule has 2 amide bonds. The second-order valence-electron chi connectivity index (χ2n) is 3.08. The highest BCUT2D eigenvalue weighted by Gasteiger charge is 2.09. The van der Waals surface area contributed by atoms with Gasteiger partial charge in [0, 0.05) is 0 Å². The van der Waals surface area contributed by atoms with Crippen molar-refractivity contribution in [3.05, 3.63) is 35.9 Å². The van der Waals surface area contributed by atoms with E-state index in [1.165, 1.54) is 0 Å². The predicted octanol–water partition coefficient (Wildman–Crippen LogP) is 0.258. The zero-order valence-electron chi connectivity index (χ0n) is 7.81. The fourth-order valence-corrected chi connectivity index (χ4v) is 1.26. The first kappa shape index (κ1) is 10.5. The third-order valence-corrected chi connectivity index (χ3v) is 1.89. The van der Waals surface area contributed by atoms with E-state index in [0.717, 1.165) is 5.56 Å². The first-order valence-electron chi connectivity index (χ1n) is 4.43. The Morgan fingerprint density at radius 3 is 2.57 bits per heavy atom. The van der Waals surface area contributed by atoms with Gasteiger partial charge in [0.05, 0.1) is 12.6 Å². The number of amides is 2. The molecule has 0 aromatic heterocycles. The molecule has 1 aromatic carbocycles. The predicted molar refractivity (Wildman–Crippen MR) is 53.7 cm³/mol. The highest BCUT2D eigenvalue weighted by Crippen LogP contribution is 2.02. The van der Waals surface area contributed by atoms with Crippen LogP contribution in [0.15, 0.2) is 30.3 Å². The zero-order chi connectivity index (χ0) is 10.4. The van der Waals surface area contributed by atoms with E-state index in [1.807, 2.05) is 30.3 Å². The Labute approximate surface area is 82.7 Å². The molecule has 0 bridgehead atoms. The average molecular weight is 194 g/mol. The van der Waals surface area contributed by atoms with E-state index in [0.29, 0.717) is 6.42 Å². The van der Waals surface area contributed by atoms with Crippen molar-refractivity contribution in [1.29, 1.82) is 0 Å². The Morgan fingerprint density at radius 1 is 1.43 bits per heavy atom. The highest BCUT2D eigenvalue weighted by molar-refractivity contribution is 5.72. The van der Waals surface area contributed by atoms with E-state index in [4.69, 9.17) is 10.8 Å². The van der Waals surface area contributed by atoms with Crippen LogP contribution in [-0.2, 0) is 6.42 Å². The van der Waals surface area contributed by atoms with Crippen molar-refractivity contribution >= 4 is 6.03 Å². The van der Waals surface area contributed by atoms with Crippen LogP contribution < -0.4 is 11.1 Å². The molecule has 0 saturated heterocycles. The molecule has 4 heteroatoms. The fourth-order valence-electron chi connectivity index (χ4n) is 1.26. The molecule has 14 heavy (non-hydrogen) atoms. The third kappa shape index (κ3) is 3.45. The number of nitrogens with two attached hydrogens (primary N) is 1. The molecule has 1 rings (SSSR count). The van der Waals surface area contributed by atoms with E-state index in [2.05, 4.69) is 5.32 Å². The summed E-state index contributed by atoms with van der Waals surface area (Å²) >= 11 is 0. The van der Waals surface area contributed by atoms with Crippen LogP contribution in [0.25, 0.3) is 0 Å². The molecule has 1 atom stereocenters. The Bertz CT molecular complexity index is 287. The summed E-state index contributed by atoms with van der Waals surface area (Å²) in [5.74, 6) is 0. The van der Waals surface area contributed by atoms with Crippen LogP contribution in [0, 0.1) is 0 Å². The van der Waals surface area contributed by atoms with E-state index >= 15 is 0 Å². The normalized spacial score (nSPS) is 12.1. The summed E-state index contributed by atoms with van der Waals surface area (Å²) in [7, 11) is 0. The molecular formula is C10H14N2O2. The van der Waals surface area contributed by atoms with Gasteiger partial charge < -0.3 is 16.2 Å². The number of benzene rings is 1. The number of carbonyl (C=O) groups is 1. The minimum Gasteiger partial charge on any atom is -0.394 e. The van der Waals surface area contributed by atoms with Gasteiger partial charge in [-0.15, -0.1) is 0 Å². The Balaban J connectivity index is 2.53. The molecule has 0 fully saturated rings. The van der Waals surface area contributed by atoms with Gasteiger partial charge in [-0.2, -0.15) is 0 Å². The number of hydrogen-bond donors (Lipinski definition) is 3.